The van der Waals surface area contributed by atoms with Gasteiger partial charge in [-0.05, 0) is 112 Å². The van der Waals surface area contributed by atoms with E-state index in [1.165, 1.54) is 60.9 Å². The van der Waals surface area contributed by atoms with Gasteiger partial charge in [-0.3, -0.25) is 0 Å². The van der Waals surface area contributed by atoms with Crippen LogP contribution in [0.4, 0.5) is 17.1 Å². The second-order valence-corrected chi connectivity index (χ2v) is 17.0. The number of hydrogen-bond donors (Lipinski definition) is 0. The molecule has 0 unspecified atom stereocenters. The smallest absolute Gasteiger partial charge is 0.143 e. The molecule has 11 aromatic rings. The summed E-state index contributed by atoms with van der Waals surface area (Å²) in [7, 11) is 0. The fraction of sp³-hybridized carbons (Fsp3) is 0.0492. The Morgan fingerprint density at radius 2 is 1.02 bits per heavy atom. The summed E-state index contributed by atoms with van der Waals surface area (Å²) in [6.07, 6.45) is 3.28. The van der Waals surface area contributed by atoms with Crippen LogP contribution in [0, 0.1) is 0 Å². The lowest BCUT2D eigenvalue weighted by Gasteiger charge is -2.28. The maximum absolute atomic E-state index is 6.45. The Labute approximate surface area is 374 Å². The highest BCUT2D eigenvalue weighted by Gasteiger charge is 2.35. The predicted octanol–water partition coefficient (Wildman–Crippen LogP) is 17.2. The number of benzene rings is 9. The van der Waals surface area contributed by atoms with Crippen LogP contribution in [0.1, 0.15) is 25.0 Å². The monoisotopic (exact) mass is 822 g/mol. The Kier molecular flexibility index (Phi) is 9.47. The average molecular weight is 823 g/mol. The molecule has 0 aliphatic heterocycles. The van der Waals surface area contributed by atoms with Gasteiger partial charge in [0.1, 0.15) is 11.2 Å². The Balaban J connectivity index is 0.00000110. The molecule has 12 rings (SSSR count). The van der Waals surface area contributed by atoms with Crippen LogP contribution in [0.2, 0.25) is 0 Å². The zero-order chi connectivity index (χ0) is 43.4. The van der Waals surface area contributed by atoms with E-state index >= 15 is 0 Å². The Hall–Kier alpha value is -8.14. The summed E-state index contributed by atoms with van der Waals surface area (Å²) in [6, 6.07) is 74.8. The summed E-state index contributed by atoms with van der Waals surface area (Å²) in [6.45, 7) is 11.4. The zero-order valence-electron chi connectivity index (χ0n) is 36.0. The maximum Gasteiger partial charge on any atom is 0.143 e. The molecule has 0 amide bonds. The Morgan fingerprint density at radius 3 is 1.78 bits per heavy atom. The number of rotatable bonds is 7. The standard InChI is InChI=1S/C57H40N2O.C4H6/c1-57(2)51-20-9-6-15-45(51)46-33-32-43(36-52(46)57)58(42-30-25-38(26-31-42)44-18-12-19-49-48-17-8-11-22-55(48)60-56(44)49)41-28-23-37(24-29-41)39-27-34-54-50(35-39)47-16-7-10-21-53(47)59(54)40-13-4-3-5-14-40;1-3-4-2/h3-36H,1-2H3;3-4H,1-2H2. The van der Waals surface area contributed by atoms with Crippen LogP contribution in [0.5, 0.6) is 0 Å². The average Bonchev–Trinajstić information content (AvgIpc) is 3.97. The van der Waals surface area contributed by atoms with Crippen LogP contribution in [-0.2, 0) is 5.41 Å². The van der Waals surface area contributed by atoms with Gasteiger partial charge in [0.2, 0.25) is 0 Å². The number of anilines is 3. The van der Waals surface area contributed by atoms with E-state index in [2.05, 4.69) is 231 Å². The van der Waals surface area contributed by atoms with Gasteiger partial charge in [0.15, 0.2) is 0 Å². The highest BCUT2D eigenvalue weighted by atomic mass is 16.3. The number of furan rings is 1. The predicted molar refractivity (Wildman–Crippen MR) is 272 cm³/mol. The highest BCUT2D eigenvalue weighted by molar-refractivity contribution is 6.11. The summed E-state index contributed by atoms with van der Waals surface area (Å²) in [5.41, 5.74) is 18.6. The molecule has 0 spiro atoms. The van der Waals surface area contributed by atoms with Crippen molar-refractivity contribution in [1.29, 1.82) is 0 Å². The van der Waals surface area contributed by atoms with Crippen molar-refractivity contribution in [3.8, 4) is 39.1 Å². The van der Waals surface area contributed by atoms with E-state index in [4.69, 9.17) is 4.42 Å². The first-order valence-corrected chi connectivity index (χ1v) is 21.9. The van der Waals surface area contributed by atoms with Crippen molar-refractivity contribution < 1.29 is 4.42 Å². The van der Waals surface area contributed by atoms with E-state index in [9.17, 15) is 0 Å². The second-order valence-electron chi connectivity index (χ2n) is 17.0. The van der Waals surface area contributed by atoms with E-state index in [1.54, 1.807) is 12.2 Å². The molecule has 3 nitrogen and oxygen atoms in total. The summed E-state index contributed by atoms with van der Waals surface area (Å²) in [5, 5.41) is 4.78. The minimum atomic E-state index is -0.116. The first-order valence-electron chi connectivity index (χ1n) is 21.9. The molecule has 1 aliphatic rings. The van der Waals surface area contributed by atoms with Crippen LogP contribution in [-0.4, -0.2) is 4.57 Å². The third-order valence-electron chi connectivity index (χ3n) is 13.0. The normalized spacial score (nSPS) is 12.5. The molecular formula is C61H46N2O. The molecule has 0 saturated carbocycles. The van der Waals surface area contributed by atoms with E-state index in [1.807, 2.05) is 12.1 Å². The van der Waals surface area contributed by atoms with E-state index in [0.29, 0.717) is 0 Å². The van der Waals surface area contributed by atoms with Crippen LogP contribution in [0.3, 0.4) is 0 Å². The molecule has 0 atom stereocenters. The molecule has 64 heavy (non-hydrogen) atoms. The van der Waals surface area contributed by atoms with Gasteiger partial charge in [-0.1, -0.05) is 173 Å². The van der Waals surface area contributed by atoms with Gasteiger partial charge in [0, 0.05) is 55.3 Å². The lowest BCUT2D eigenvalue weighted by molar-refractivity contribution is 0.660. The van der Waals surface area contributed by atoms with Crippen LogP contribution in [0.15, 0.2) is 236 Å². The van der Waals surface area contributed by atoms with Crippen LogP contribution < -0.4 is 4.90 Å². The molecule has 3 heteroatoms. The SMILES string of the molecule is C=CC=C.CC1(C)c2ccccc2-c2ccc(N(c3ccc(-c4ccc5c(c4)c4ccccc4n5-c4ccccc4)cc3)c3ccc(-c4cccc5c4oc4ccccc45)cc3)cc21. The van der Waals surface area contributed by atoms with Gasteiger partial charge in [0.25, 0.3) is 0 Å². The molecule has 0 saturated heterocycles. The first kappa shape index (κ1) is 38.8. The van der Waals surface area contributed by atoms with Gasteiger partial charge >= 0.3 is 0 Å². The quantitative estimate of drug-likeness (QED) is 0.149. The molecule has 306 valence electrons. The minimum absolute atomic E-state index is 0.116. The number of hydrogen-bond acceptors (Lipinski definition) is 2. The van der Waals surface area contributed by atoms with Gasteiger partial charge in [-0.2, -0.15) is 0 Å². The largest absolute Gasteiger partial charge is 0.455 e. The molecule has 0 N–H and O–H groups in total. The van der Waals surface area contributed by atoms with Gasteiger partial charge < -0.3 is 13.9 Å². The Bertz CT molecular complexity index is 3540. The fourth-order valence-corrected chi connectivity index (χ4v) is 9.85. The van der Waals surface area contributed by atoms with Crippen LogP contribution >= 0.6 is 0 Å². The minimum Gasteiger partial charge on any atom is -0.455 e. The van der Waals surface area contributed by atoms with Gasteiger partial charge in [-0.25, -0.2) is 0 Å². The molecule has 0 bridgehead atoms. The zero-order valence-corrected chi connectivity index (χ0v) is 36.0. The number of para-hydroxylation sites is 4. The topological polar surface area (TPSA) is 21.3 Å². The maximum atomic E-state index is 6.45. The lowest BCUT2D eigenvalue weighted by atomic mass is 9.82. The van der Waals surface area contributed by atoms with Crippen molar-refractivity contribution in [1.82, 2.24) is 4.57 Å². The summed E-state index contributed by atoms with van der Waals surface area (Å²) >= 11 is 0. The summed E-state index contributed by atoms with van der Waals surface area (Å²) in [4.78, 5) is 2.39. The molecule has 2 heterocycles. The number of fused-ring (bicyclic) bond motifs is 9. The molecular weight excluding hydrogens is 777 g/mol. The number of allylic oxidation sites excluding steroid dienone is 2. The van der Waals surface area contributed by atoms with Crippen molar-refractivity contribution in [2.75, 3.05) is 4.90 Å². The van der Waals surface area contributed by atoms with E-state index in [0.717, 1.165) is 50.1 Å². The fourth-order valence-electron chi connectivity index (χ4n) is 9.85. The lowest BCUT2D eigenvalue weighted by Crippen LogP contribution is -2.16. The number of aromatic nitrogens is 1. The molecule has 0 radical (unpaired) electrons. The summed E-state index contributed by atoms with van der Waals surface area (Å²) < 4.78 is 8.81. The second kappa shape index (κ2) is 15.6. The molecule has 9 aromatic carbocycles. The number of nitrogens with zero attached hydrogens (tertiary/aromatic N) is 2. The van der Waals surface area contributed by atoms with Crippen molar-refractivity contribution in [2.45, 2.75) is 19.3 Å². The van der Waals surface area contributed by atoms with Crippen molar-refractivity contribution in [3.05, 3.63) is 243 Å². The third kappa shape index (κ3) is 6.36. The van der Waals surface area contributed by atoms with Crippen molar-refractivity contribution in [2.24, 2.45) is 0 Å². The molecule has 1 aliphatic carbocycles. The summed E-state index contributed by atoms with van der Waals surface area (Å²) in [5.74, 6) is 0. The first-order chi connectivity index (χ1) is 31.4. The van der Waals surface area contributed by atoms with Crippen molar-refractivity contribution >= 4 is 60.8 Å². The van der Waals surface area contributed by atoms with E-state index in [-0.39, 0.29) is 5.41 Å². The van der Waals surface area contributed by atoms with Crippen LogP contribution in [0.25, 0.3) is 82.8 Å². The van der Waals surface area contributed by atoms with Gasteiger partial charge in [0.05, 0.1) is 11.0 Å². The van der Waals surface area contributed by atoms with Crippen molar-refractivity contribution in [3.63, 3.8) is 0 Å². The molecule has 2 aromatic heterocycles. The highest BCUT2D eigenvalue weighted by Crippen LogP contribution is 2.51. The van der Waals surface area contributed by atoms with Gasteiger partial charge in [-0.15, -0.1) is 0 Å². The molecule has 0 fully saturated rings. The van der Waals surface area contributed by atoms with E-state index < -0.39 is 0 Å². The third-order valence-corrected chi connectivity index (χ3v) is 13.0. The Morgan fingerprint density at radius 1 is 0.438 bits per heavy atom.